The van der Waals surface area contributed by atoms with Gasteiger partial charge in [-0.15, -0.1) is 0 Å². The number of aliphatic hydroxyl groups is 1. The van der Waals surface area contributed by atoms with E-state index in [2.05, 4.69) is 23.6 Å². The summed E-state index contributed by atoms with van der Waals surface area (Å²) in [5, 5.41) is 10.1. The zero-order chi connectivity index (χ0) is 17.9. The van der Waals surface area contributed by atoms with Crippen LogP contribution in [0.2, 0.25) is 0 Å². The molecule has 0 aliphatic carbocycles. The minimum absolute atomic E-state index is 0.0899. The molecule has 0 spiro atoms. The maximum atomic E-state index is 10.1. The van der Waals surface area contributed by atoms with Crippen molar-refractivity contribution < 1.29 is 9.84 Å². The van der Waals surface area contributed by atoms with Gasteiger partial charge in [0, 0.05) is 56.6 Å². The van der Waals surface area contributed by atoms with Crippen LogP contribution < -0.4 is 9.80 Å². The Morgan fingerprint density at radius 2 is 1.80 bits per heavy atom. The number of piperidine rings is 1. The average Bonchev–Trinajstić information content (AvgIpc) is 3.17. The van der Waals surface area contributed by atoms with Crippen LogP contribution in [0.3, 0.4) is 0 Å². The Hall–Kier alpha value is -1.40. The fourth-order valence-corrected chi connectivity index (χ4v) is 4.09. The summed E-state index contributed by atoms with van der Waals surface area (Å²) in [4.78, 5) is 14.3. The summed E-state index contributed by atoms with van der Waals surface area (Å²) in [5.41, 5.74) is 2.13. The van der Waals surface area contributed by atoms with Gasteiger partial charge in [0.2, 0.25) is 5.95 Å². The van der Waals surface area contributed by atoms with Crippen molar-refractivity contribution >= 4 is 11.8 Å². The van der Waals surface area contributed by atoms with Crippen molar-refractivity contribution in [2.24, 2.45) is 5.41 Å². The number of ether oxygens (including phenoxy) is 1. The predicted molar refractivity (Wildman–Crippen MR) is 100 cm³/mol. The van der Waals surface area contributed by atoms with Crippen LogP contribution in [-0.2, 0) is 4.74 Å². The van der Waals surface area contributed by atoms with Gasteiger partial charge in [-0.05, 0) is 46.0 Å². The van der Waals surface area contributed by atoms with Gasteiger partial charge in [0.15, 0.2) is 0 Å². The molecular weight excluding hydrogens is 316 g/mol. The Morgan fingerprint density at radius 3 is 2.48 bits per heavy atom. The summed E-state index contributed by atoms with van der Waals surface area (Å²) in [7, 11) is 1.73. The standard InChI is InChI=1S/C19H32N4O2/c1-15-16(2)20-18(22-9-4-5-10-22)21-17(15)23-11-6-7-19(13-23,14-24)8-12-25-3/h24H,4-14H2,1-3H3/t19-/m0/s1. The highest BCUT2D eigenvalue weighted by Gasteiger charge is 2.36. The number of aromatic nitrogens is 2. The van der Waals surface area contributed by atoms with Gasteiger partial charge in [-0.2, -0.15) is 4.98 Å². The lowest BCUT2D eigenvalue weighted by molar-refractivity contribution is 0.0624. The molecule has 2 aliphatic heterocycles. The first-order chi connectivity index (χ1) is 12.1. The maximum absolute atomic E-state index is 10.1. The Balaban J connectivity index is 1.86. The lowest BCUT2D eigenvalue weighted by Gasteiger charge is -2.43. The van der Waals surface area contributed by atoms with Gasteiger partial charge in [0.1, 0.15) is 5.82 Å². The Kier molecular flexibility index (Phi) is 5.79. The average molecular weight is 348 g/mol. The van der Waals surface area contributed by atoms with Crippen molar-refractivity contribution in [1.82, 2.24) is 9.97 Å². The van der Waals surface area contributed by atoms with Gasteiger partial charge in [0.25, 0.3) is 0 Å². The van der Waals surface area contributed by atoms with Gasteiger partial charge in [0.05, 0.1) is 6.61 Å². The topological polar surface area (TPSA) is 61.7 Å². The Morgan fingerprint density at radius 1 is 1.08 bits per heavy atom. The monoisotopic (exact) mass is 348 g/mol. The molecule has 0 aromatic carbocycles. The van der Waals surface area contributed by atoms with E-state index in [-0.39, 0.29) is 12.0 Å². The second-order valence-electron chi connectivity index (χ2n) is 7.68. The quantitative estimate of drug-likeness (QED) is 0.851. The SMILES string of the molecule is COCC[C@@]1(CO)CCCN(c2nc(N3CCCC3)nc(C)c2C)C1. The minimum atomic E-state index is -0.0899. The molecule has 2 saturated heterocycles. The zero-order valence-corrected chi connectivity index (χ0v) is 15.9. The van der Waals surface area contributed by atoms with E-state index in [0.29, 0.717) is 6.61 Å². The number of methoxy groups -OCH3 is 1. The molecule has 2 aliphatic rings. The van der Waals surface area contributed by atoms with Crippen LogP contribution >= 0.6 is 0 Å². The van der Waals surface area contributed by atoms with E-state index >= 15 is 0 Å². The van der Waals surface area contributed by atoms with Crippen LogP contribution in [0.15, 0.2) is 0 Å². The zero-order valence-electron chi connectivity index (χ0n) is 15.9. The number of hydrogen-bond donors (Lipinski definition) is 1. The second kappa shape index (κ2) is 7.87. The molecule has 0 radical (unpaired) electrons. The fraction of sp³-hybridized carbons (Fsp3) is 0.789. The molecule has 3 rings (SSSR count). The first-order valence-electron chi connectivity index (χ1n) is 9.53. The van der Waals surface area contributed by atoms with E-state index in [1.165, 1.54) is 12.8 Å². The van der Waals surface area contributed by atoms with E-state index in [4.69, 9.17) is 14.7 Å². The van der Waals surface area contributed by atoms with Crippen LogP contribution in [0.25, 0.3) is 0 Å². The highest BCUT2D eigenvalue weighted by molar-refractivity contribution is 5.53. The number of nitrogens with zero attached hydrogens (tertiary/aromatic N) is 4. The molecule has 140 valence electrons. The van der Waals surface area contributed by atoms with E-state index < -0.39 is 0 Å². The molecule has 1 atom stereocenters. The summed E-state index contributed by atoms with van der Waals surface area (Å²) < 4.78 is 5.28. The van der Waals surface area contributed by atoms with E-state index in [9.17, 15) is 5.11 Å². The first-order valence-corrected chi connectivity index (χ1v) is 9.53. The minimum Gasteiger partial charge on any atom is -0.396 e. The summed E-state index contributed by atoms with van der Waals surface area (Å²) in [5.74, 6) is 1.91. The van der Waals surface area contributed by atoms with Crippen molar-refractivity contribution in [3.8, 4) is 0 Å². The fourth-order valence-electron chi connectivity index (χ4n) is 4.09. The first kappa shape index (κ1) is 18.4. The molecule has 25 heavy (non-hydrogen) atoms. The molecule has 1 aromatic rings. The second-order valence-corrected chi connectivity index (χ2v) is 7.68. The number of aliphatic hydroxyl groups excluding tert-OH is 1. The lowest BCUT2D eigenvalue weighted by atomic mass is 9.78. The largest absolute Gasteiger partial charge is 0.396 e. The van der Waals surface area contributed by atoms with Crippen molar-refractivity contribution in [1.29, 1.82) is 0 Å². The van der Waals surface area contributed by atoms with Crippen molar-refractivity contribution in [2.75, 3.05) is 56.3 Å². The van der Waals surface area contributed by atoms with Gasteiger partial charge >= 0.3 is 0 Å². The third-order valence-electron chi connectivity index (χ3n) is 5.87. The Bertz CT molecular complexity index is 589. The molecule has 0 unspecified atom stereocenters. The van der Waals surface area contributed by atoms with Gasteiger partial charge < -0.3 is 19.6 Å². The van der Waals surface area contributed by atoms with Gasteiger partial charge in [-0.25, -0.2) is 4.98 Å². The van der Waals surface area contributed by atoms with Crippen molar-refractivity contribution in [3.05, 3.63) is 11.3 Å². The third-order valence-corrected chi connectivity index (χ3v) is 5.87. The van der Waals surface area contributed by atoms with Crippen LogP contribution in [-0.4, -0.2) is 61.6 Å². The van der Waals surface area contributed by atoms with Gasteiger partial charge in [-0.1, -0.05) is 0 Å². The number of rotatable bonds is 6. The summed E-state index contributed by atoms with van der Waals surface area (Å²) in [6.45, 7) is 9.02. The molecule has 1 N–H and O–H groups in total. The number of aryl methyl sites for hydroxylation is 1. The smallest absolute Gasteiger partial charge is 0.227 e. The molecule has 0 saturated carbocycles. The van der Waals surface area contributed by atoms with Crippen molar-refractivity contribution in [2.45, 2.75) is 46.0 Å². The van der Waals surface area contributed by atoms with Crippen LogP contribution in [0.4, 0.5) is 11.8 Å². The molecule has 2 fully saturated rings. The normalized spacial score (nSPS) is 24.2. The molecule has 3 heterocycles. The van der Waals surface area contributed by atoms with Gasteiger partial charge in [-0.3, -0.25) is 0 Å². The molecule has 0 bridgehead atoms. The maximum Gasteiger partial charge on any atom is 0.227 e. The Labute approximate surface area is 151 Å². The predicted octanol–water partition coefficient (Wildman–Crippen LogP) is 2.31. The summed E-state index contributed by atoms with van der Waals surface area (Å²) in [6.07, 6.45) is 5.45. The molecule has 6 nitrogen and oxygen atoms in total. The molecule has 1 aromatic heterocycles. The molecule has 6 heteroatoms. The van der Waals surface area contributed by atoms with Crippen LogP contribution in [0.5, 0.6) is 0 Å². The van der Waals surface area contributed by atoms with Crippen molar-refractivity contribution in [3.63, 3.8) is 0 Å². The highest BCUT2D eigenvalue weighted by atomic mass is 16.5. The highest BCUT2D eigenvalue weighted by Crippen LogP contribution is 2.36. The number of hydrogen-bond acceptors (Lipinski definition) is 6. The lowest BCUT2D eigenvalue weighted by Crippen LogP contribution is -2.46. The van der Waals surface area contributed by atoms with Crippen LogP contribution in [0, 0.1) is 19.3 Å². The number of anilines is 2. The molecular formula is C19H32N4O2. The van der Waals surface area contributed by atoms with Crippen LogP contribution in [0.1, 0.15) is 43.4 Å². The van der Waals surface area contributed by atoms with E-state index in [1.54, 1.807) is 7.11 Å². The third kappa shape index (κ3) is 3.90. The van der Waals surface area contributed by atoms with E-state index in [1.807, 2.05) is 0 Å². The van der Waals surface area contributed by atoms with E-state index in [0.717, 1.165) is 68.5 Å². The summed E-state index contributed by atoms with van der Waals surface area (Å²) in [6, 6.07) is 0. The molecule has 0 amide bonds. The summed E-state index contributed by atoms with van der Waals surface area (Å²) >= 11 is 0.